The van der Waals surface area contributed by atoms with E-state index >= 15 is 0 Å². The van der Waals surface area contributed by atoms with E-state index < -0.39 is 0 Å². The maximum absolute atomic E-state index is 12.2. The number of amides is 1. The van der Waals surface area contributed by atoms with Gasteiger partial charge >= 0.3 is 0 Å². The Hall–Kier alpha value is -2.01. The molecule has 2 aromatic rings. The minimum Gasteiger partial charge on any atom is -0.497 e. The molecule has 21 heavy (non-hydrogen) atoms. The van der Waals surface area contributed by atoms with Crippen molar-refractivity contribution in [2.24, 2.45) is 0 Å². The van der Waals surface area contributed by atoms with Crippen molar-refractivity contribution in [3.63, 3.8) is 0 Å². The molecule has 0 radical (unpaired) electrons. The zero-order chi connectivity index (χ0) is 14.7. The van der Waals surface area contributed by atoms with Gasteiger partial charge in [-0.1, -0.05) is 12.1 Å². The number of carbonyl (C=O) groups is 1. The van der Waals surface area contributed by atoms with Gasteiger partial charge in [-0.05, 0) is 35.4 Å². The first-order chi connectivity index (χ1) is 10.3. The van der Waals surface area contributed by atoms with Crippen LogP contribution >= 0.6 is 11.8 Å². The standard InChI is InChI=1S/C16H16N2O2S/c1-20-14-4-2-13(3-5-14)16-18(15(19)11-21-16)10-12-6-8-17-9-7-12/h2-9,16H,10-11H2,1H3. The second-order valence-electron chi connectivity index (χ2n) is 4.81. The smallest absolute Gasteiger partial charge is 0.234 e. The average Bonchev–Trinajstić information content (AvgIpc) is 2.90. The molecule has 1 aliphatic heterocycles. The first-order valence-corrected chi connectivity index (χ1v) is 7.77. The molecule has 2 heterocycles. The van der Waals surface area contributed by atoms with E-state index in [1.54, 1.807) is 31.3 Å². The lowest BCUT2D eigenvalue weighted by molar-refractivity contribution is -0.128. The quantitative estimate of drug-likeness (QED) is 0.871. The minimum absolute atomic E-state index is 0.0663. The molecular weight excluding hydrogens is 284 g/mol. The second kappa shape index (κ2) is 6.18. The summed E-state index contributed by atoms with van der Waals surface area (Å²) in [6.07, 6.45) is 3.51. The summed E-state index contributed by atoms with van der Waals surface area (Å²) in [4.78, 5) is 18.1. The minimum atomic E-state index is 0.0663. The first-order valence-electron chi connectivity index (χ1n) is 6.72. The Morgan fingerprint density at radius 2 is 1.95 bits per heavy atom. The van der Waals surface area contributed by atoms with Gasteiger partial charge in [0.05, 0.1) is 12.9 Å². The fourth-order valence-corrected chi connectivity index (χ4v) is 3.54. The van der Waals surface area contributed by atoms with Gasteiger partial charge in [0, 0.05) is 18.9 Å². The maximum atomic E-state index is 12.2. The van der Waals surface area contributed by atoms with E-state index in [0.29, 0.717) is 12.3 Å². The highest BCUT2D eigenvalue weighted by atomic mass is 32.2. The first kappa shape index (κ1) is 13.9. The molecule has 0 N–H and O–H groups in total. The summed E-state index contributed by atoms with van der Waals surface area (Å²) in [5, 5.41) is 0.0663. The molecule has 3 rings (SSSR count). The van der Waals surface area contributed by atoms with Gasteiger partial charge in [0.25, 0.3) is 0 Å². The number of hydrogen-bond donors (Lipinski definition) is 0. The summed E-state index contributed by atoms with van der Waals surface area (Å²) in [6, 6.07) is 11.8. The molecule has 1 saturated heterocycles. The van der Waals surface area contributed by atoms with Gasteiger partial charge in [0.2, 0.25) is 5.91 Å². The number of methoxy groups -OCH3 is 1. The van der Waals surface area contributed by atoms with E-state index in [4.69, 9.17) is 4.74 Å². The molecule has 0 spiro atoms. The highest BCUT2D eigenvalue weighted by Crippen LogP contribution is 2.39. The summed E-state index contributed by atoms with van der Waals surface area (Å²) < 4.78 is 5.18. The zero-order valence-electron chi connectivity index (χ0n) is 11.7. The number of hydrogen-bond acceptors (Lipinski definition) is 4. The molecule has 1 atom stereocenters. The maximum Gasteiger partial charge on any atom is 0.234 e. The number of ether oxygens (including phenoxy) is 1. The molecule has 1 aromatic heterocycles. The largest absolute Gasteiger partial charge is 0.497 e. The van der Waals surface area contributed by atoms with E-state index in [-0.39, 0.29) is 11.3 Å². The highest BCUT2D eigenvalue weighted by Gasteiger charge is 2.32. The predicted octanol–water partition coefficient (Wildman–Crippen LogP) is 2.86. The molecule has 0 aliphatic carbocycles. The van der Waals surface area contributed by atoms with E-state index in [2.05, 4.69) is 4.98 Å². The van der Waals surface area contributed by atoms with E-state index in [9.17, 15) is 4.79 Å². The van der Waals surface area contributed by atoms with Crippen LogP contribution in [0.15, 0.2) is 48.8 Å². The van der Waals surface area contributed by atoms with Crippen LogP contribution in [0.3, 0.4) is 0 Å². The number of nitrogens with zero attached hydrogens (tertiary/aromatic N) is 2. The molecule has 1 unspecified atom stereocenters. The molecule has 1 fully saturated rings. The van der Waals surface area contributed by atoms with Gasteiger partial charge in [0.15, 0.2) is 0 Å². The Kier molecular flexibility index (Phi) is 4.10. The van der Waals surface area contributed by atoms with Crippen molar-refractivity contribution >= 4 is 17.7 Å². The summed E-state index contributed by atoms with van der Waals surface area (Å²) >= 11 is 1.66. The third-order valence-electron chi connectivity index (χ3n) is 3.47. The van der Waals surface area contributed by atoms with Gasteiger partial charge in [-0.25, -0.2) is 0 Å². The molecular formula is C16H16N2O2S. The Labute approximate surface area is 128 Å². The van der Waals surface area contributed by atoms with Crippen LogP contribution in [0.2, 0.25) is 0 Å². The molecule has 5 heteroatoms. The third-order valence-corrected chi connectivity index (χ3v) is 4.73. The second-order valence-corrected chi connectivity index (χ2v) is 5.88. The van der Waals surface area contributed by atoms with Crippen molar-refractivity contribution in [1.82, 2.24) is 9.88 Å². The zero-order valence-corrected chi connectivity index (χ0v) is 12.5. The normalized spacial score (nSPS) is 18.0. The summed E-state index contributed by atoms with van der Waals surface area (Å²) in [7, 11) is 1.65. The lowest BCUT2D eigenvalue weighted by atomic mass is 10.1. The van der Waals surface area contributed by atoms with E-state index in [1.807, 2.05) is 41.3 Å². The monoisotopic (exact) mass is 300 g/mol. The van der Waals surface area contributed by atoms with Gasteiger partial charge in [-0.15, -0.1) is 11.8 Å². The Balaban J connectivity index is 1.81. The highest BCUT2D eigenvalue weighted by molar-refractivity contribution is 8.00. The summed E-state index contributed by atoms with van der Waals surface area (Å²) in [5.74, 6) is 1.54. The topological polar surface area (TPSA) is 42.4 Å². The molecule has 1 aromatic carbocycles. The molecule has 4 nitrogen and oxygen atoms in total. The van der Waals surface area contributed by atoms with Crippen molar-refractivity contribution in [3.05, 3.63) is 59.9 Å². The Morgan fingerprint density at radius 1 is 1.24 bits per heavy atom. The lowest BCUT2D eigenvalue weighted by Crippen LogP contribution is -2.27. The molecule has 108 valence electrons. The van der Waals surface area contributed by atoms with Crippen LogP contribution in [0.25, 0.3) is 0 Å². The molecule has 0 saturated carbocycles. The van der Waals surface area contributed by atoms with Crippen molar-refractivity contribution in [2.75, 3.05) is 12.9 Å². The SMILES string of the molecule is COc1ccc(C2SCC(=O)N2Cc2ccncc2)cc1. The van der Waals surface area contributed by atoms with Crippen molar-refractivity contribution in [1.29, 1.82) is 0 Å². The van der Waals surface area contributed by atoms with Crippen molar-refractivity contribution in [2.45, 2.75) is 11.9 Å². The molecule has 0 bridgehead atoms. The van der Waals surface area contributed by atoms with Crippen LogP contribution in [0.4, 0.5) is 0 Å². The fourth-order valence-electron chi connectivity index (χ4n) is 2.35. The van der Waals surface area contributed by atoms with Crippen LogP contribution in [0, 0.1) is 0 Å². The summed E-state index contributed by atoms with van der Waals surface area (Å²) in [6.45, 7) is 0.616. The average molecular weight is 300 g/mol. The Bertz CT molecular complexity index is 616. The van der Waals surface area contributed by atoms with Crippen molar-refractivity contribution in [3.8, 4) is 5.75 Å². The van der Waals surface area contributed by atoms with Crippen LogP contribution in [0.5, 0.6) is 5.75 Å². The number of benzene rings is 1. The van der Waals surface area contributed by atoms with Crippen LogP contribution in [-0.2, 0) is 11.3 Å². The van der Waals surface area contributed by atoms with Gasteiger partial charge in [0.1, 0.15) is 11.1 Å². The number of thioether (sulfide) groups is 1. The summed E-state index contributed by atoms with van der Waals surface area (Å²) in [5.41, 5.74) is 2.22. The number of pyridine rings is 1. The number of carbonyl (C=O) groups excluding carboxylic acids is 1. The van der Waals surface area contributed by atoms with Crippen LogP contribution in [-0.4, -0.2) is 28.7 Å². The lowest BCUT2D eigenvalue weighted by Gasteiger charge is -2.24. The van der Waals surface area contributed by atoms with Gasteiger partial charge in [-0.2, -0.15) is 0 Å². The predicted molar refractivity (Wildman–Crippen MR) is 83.0 cm³/mol. The molecule has 1 amide bonds. The Morgan fingerprint density at radius 3 is 2.62 bits per heavy atom. The van der Waals surface area contributed by atoms with Gasteiger partial charge in [-0.3, -0.25) is 9.78 Å². The van der Waals surface area contributed by atoms with Gasteiger partial charge < -0.3 is 9.64 Å². The van der Waals surface area contributed by atoms with Crippen LogP contribution in [0.1, 0.15) is 16.5 Å². The third kappa shape index (κ3) is 3.03. The fraction of sp³-hybridized carbons (Fsp3) is 0.250. The number of rotatable bonds is 4. The van der Waals surface area contributed by atoms with E-state index in [0.717, 1.165) is 16.9 Å². The van der Waals surface area contributed by atoms with Crippen molar-refractivity contribution < 1.29 is 9.53 Å². The van der Waals surface area contributed by atoms with E-state index in [1.165, 1.54) is 0 Å². The van der Waals surface area contributed by atoms with Crippen LogP contribution < -0.4 is 4.74 Å². The molecule has 1 aliphatic rings. The number of aromatic nitrogens is 1.